The lowest BCUT2D eigenvalue weighted by molar-refractivity contribution is -0.137. The third-order valence-electron chi connectivity index (χ3n) is 2.77. The molecule has 1 aliphatic heterocycles. The highest BCUT2D eigenvalue weighted by Crippen LogP contribution is 2.33. The molecule has 17 heavy (non-hydrogen) atoms. The minimum Gasteiger partial charge on any atom is -0.378 e. The van der Waals surface area contributed by atoms with Gasteiger partial charge >= 0.3 is 6.18 Å². The molecule has 1 fully saturated rings. The predicted octanol–water partition coefficient (Wildman–Crippen LogP) is 2.85. The highest BCUT2D eigenvalue weighted by molar-refractivity contribution is 5.52. The Labute approximate surface area is 98.0 Å². The number of anilines is 1. The van der Waals surface area contributed by atoms with Crippen LogP contribution in [0.25, 0.3) is 0 Å². The third kappa shape index (κ3) is 2.91. The van der Waals surface area contributed by atoms with Crippen molar-refractivity contribution in [2.24, 2.45) is 0 Å². The lowest BCUT2D eigenvalue weighted by Crippen LogP contribution is -2.36. The number of aryl methyl sites for hydroxylation is 1. The van der Waals surface area contributed by atoms with Crippen molar-refractivity contribution in [1.29, 1.82) is 0 Å². The molecule has 94 valence electrons. The second kappa shape index (κ2) is 4.56. The van der Waals surface area contributed by atoms with Gasteiger partial charge in [-0.3, -0.25) is 0 Å². The van der Waals surface area contributed by atoms with Gasteiger partial charge in [-0.2, -0.15) is 13.2 Å². The number of rotatable bonds is 1. The van der Waals surface area contributed by atoms with E-state index < -0.39 is 11.7 Å². The van der Waals surface area contributed by atoms with E-state index in [9.17, 15) is 13.2 Å². The first-order chi connectivity index (χ1) is 7.97. The normalized spacial score (nSPS) is 17.3. The van der Waals surface area contributed by atoms with E-state index in [1.807, 2.05) is 4.90 Å². The number of hydrogen-bond donors (Lipinski definition) is 0. The van der Waals surface area contributed by atoms with Crippen LogP contribution < -0.4 is 4.90 Å². The molecule has 0 N–H and O–H groups in total. The molecule has 0 unspecified atom stereocenters. The van der Waals surface area contributed by atoms with Gasteiger partial charge in [-0.25, -0.2) is 0 Å². The lowest BCUT2D eigenvalue weighted by Gasteiger charge is -2.29. The van der Waals surface area contributed by atoms with Crippen LogP contribution in [0.15, 0.2) is 18.2 Å². The van der Waals surface area contributed by atoms with Crippen molar-refractivity contribution in [2.45, 2.75) is 13.1 Å². The van der Waals surface area contributed by atoms with E-state index >= 15 is 0 Å². The summed E-state index contributed by atoms with van der Waals surface area (Å²) in [5.74, 6) is 0. The summed E-state index contributed by atoms with van der Waals surface area (Å²) in [6.45, 7) is 4.09. The van der Waals surface area contributed by atoms with Crippen molar-refractivity contribution in [2.75, 3.05) is 31.2 Å². The molecule has 2 nitrogen and oxygen atoms in total. The van der Waals surface area contributed by atoms with Crippen LogP contribution in [0.1, 0.15) is 11.1 Å². The molecule has 1 saturated heterocycles. The molecule has 2 rings (SSSR count). The zero-order valence-electron chi connectivity index (χ0n) is 9.55. The summed E-state index contributed by atoms with van der Waals surface area (Å²) in [6, 6.07) is 4.16. The summed E-state index contributed by atoms with van der Waals surface area (Å²) in [5, 5.41) is 0. The van der Waals surface area contributed by atoms with Gasteiger partial charge in [0.1, 0.15) is 0 Å². The lowest BCUT2D eigenvalue weighted by atomic mass is 10.1. The summed E-state index contributed by atoms with van der Waals surface area (Å²) in [5.41, 5.74) is 0.668. The van der Waals surface area contributed by atoms with Crippen molar-refractivity contribution in [3.63, 3.8) is 0 Å². The van der Waals surface area contributed by atoms with Crippen molar-refractivity contribution < 1.29 is 17.9 Å². The quantitative estimate of drug-likeness (QED) is 0.754. The number of halogens is 3. The number of nitrogens with zero attached hydrogens (tertiary/aromatic N) is 1. The van der Waals surface area contributed by atoms with Crippen LogP contribution in [0, 0.1) is 6.92 Å². The number of hydrogen-bond acceptors (Lipinski definition) is 2. The molecule has 0 bridgehead atoms. The minimum absolute atomic E-state index is 0.565. The van der Waals surface area contributed by atoms with Gasteiger partial charge in [0.2, 0.25) is 0 Å². The SMILES string of the molecule is Cc1cc(N2CCOCC2)cc(C(F)(F)F)c1. The predicted molar refractivity (Wildman–Crippen MR) is 59.2 cm³/mol. The van der Waals surface area contributed by atoms with Crippen molar-refractivity contribution in [3.05, 3.63) is 29.3 Å². The second-order valence-electron chi connectivity index (χ2n) is 4.15. The largest absolute Gasteiger partial charge is 0.416 e. The van der Waals surface area contributed by atoms with Crippen LogP contribution in [0.4, 0.5) is 18.9 Å². The zero-order valence-corrected chi connectivity index (χ0v) is 9.55. The average molecular weight is 245 g/mol. The van der Waals surface area contributed by atoms with Gasteiger partial charge in [0.25, 0.3) is 0 Å². The van der Waals surface area contributed by atoms with Crippen molar-refractivity contribution >= 4 is 5.69 Å². The second-order valence-corrected chi connectivity index (χ2v) is 4.15. The summed E-state index contributed by atoms with van der Waals surface area (Å²) in [4.78, 5) is 1.92. The van der Waals surface area contributed by atoms with Crippen LogP contribution in [0.2, 0.25) is 0 Å². The number of benzene rings is 1. The Morgan fingerprint density at radius 1 is 1.12 bits per heavy atom. The average Bonchev–Trinajstić information content (AvgIpc) is 2.28. The third-order valence-corrected chi connectivity index (χ3v) is 2.77. The molecule has 0 aliphatic carbocycles. The Balaban J connectivity index is 2.31. The molecule has 1 aliphatic rings. The Morgan fingerprint density at radius 3 is 2.35 bits per heavy atom. The van der Waals surface area contributed by atoms with Gasteiger partial charge in [-0.1, -0.05) is 0 Å². The van der Waals surface area contributed by atoms with E-state index in [4.69, 9.17) is 4.74 Å². The first-order valence-electron chi connectivity index (χ1n) is 5.48. The van der Waals surface area contributed by atoms with Crippen molar-refractivity contribution in [3.8, 4) is 0 Å². The molecular formula is C12H14F3NO. The van der Waals surface area contributed by atoms with Crippen LogP contribution in [-0.2, 0) is 10.9 Å². The van der Waals surface area contributed by atoms with Crippen LogP contribution >= 0.6 is 0 Å². The fourth-order valence-electron chi connectivity index (χ4n) is 1.93. The van der Waals surface area contributed by atoms with Gasteiger partial charge in [-0.05, 0) is 30.7 Å². The van der Waals surface area contributed by atoms with Gasteiger partial charge in [0, 0.05) is 18.8 Å². The zero-order chi connectivity index (χ0) is 12.5. The summed E-state index contributed by atoms with van der Waals surface area (Å²) < 4.78 is 43.2. The van der Waals surface area contributed by atoms with E-state index in [-0.39, 0.29) is 0 Å². The molecule has 1 aromatic carbocycles. The molecule has 5 heteroatoms. The maximum absolute atomic E-state index is 12.7. The summed E-state index contributed by atoms with van der Waals surface area (Å²) in [7, 11) is 0. The molecular weight excluding hydrogens is 231 g/mol. The Kier molecular flexibility index (Phi) is 3.28. The summed E-state index contributed by atoms with van der Waals surface area (Å²) >= 11 is 0. The standard InChI is InChI=1S/C12H14F3NO/c1-9-6-10(12(13,14)15)8-11(7-9)16-2-4-17-5-3-16/h6-8H,2-5H2,1H3. The Bertz CT molecular complexity index is 397. The maximum Gasteiger partial charge on any atom is 0.416 e. The van der Waals surface area contributed by atoms with E-state index in [1.54, 1.807) is 13.0 Å². The highest BCUT2D eigenvalue weighted by atomic mass is 19.4. The van der Waals surface area contributed by atoms with Gasteiger partial charge in [0.05, 0.1) is 18.8 Å². The Morgan fingerprint density at radius 2 is 1.76 bits per heavy atom. The minimum atomic E-state index is -4.28. The van der Waals surface area contributed by atoms with Gasteiger partial charge < -0.3 is 9.64 Å². The monoisotopic (exact) mass is 245 g/mol. The van der Waals surface area contributed by atoms with Crippen LogP contribution in [-0.4, -0.2) is 26.3 Å². The fourth-order valence-corrected chi connectivity index (χ4v) is 1.93. The van der Waals surface area contributed by atoms with Crippen molar-refractivity contribution in [1.82, 2.24) is 0 Å². The molecule has 0 spiro atoms. The van der Waals surface area contributed by atoms with Gasteiger partial charge in [-0.15, -0.1) is 0 Å². The highest BCUT2D eigenvalue weighted by Gasteiger charge is 2.31. The van der Waals surface area contributed by atoms with E-state index in [1.165, 1.54) is 12.1 Å². The molecule has 0 atom stereocenters. The first-order valence-corrected chi connectivity index (χ1v) is 5.48. The van der Waals surface area contributed by atoms with E-state index in [2.05, 4.69) is 0 Å². The molecule has 0 saturated carbocycles. The number of ether oxygens (including phenoxy) is 1. The number of morpholine rings is 1. The van der Waals surface area contributed by atoms with E-state index in [0.29, 0.717) is 37.6 Å². The molecule has 0 radical (unpaired) electrons. The molecule has 0 amide bonds. The van der Waals surface area contributed by atoms with E-state index in [0.717, 1.165) is 0 Å². The van der Waals surface area contributed by atoms with Gasteiger partial charge in [0.15, 0.2) is 0 Å². The topological polar surface area (TPSA) is 12.5 Å². The Hall–Kier alpha value is -1.23. The maximum atomic E-state index is 12.7. The smallest absolute Gasteiger partial charge is 0.378 e. The fraction of sp³-hybridized carbons (Fsp3) is 0.500. The number of alkyl halides is 3. The molecule has 1 heterocycles. The molecule has 1 aromatic rings. The first kappa shape index (κ1) is 12.2. The van der Waals surface area contributed by atoms with Crippen LogP contribution in [0.5, 0.6) is 0 Å². The van der Waals surface area contributed by atoms with Crippen LogP contribution in [0.3, 0.4) is 0 Å². The summed E-state index contributed by atoms with van der Waals surface area (Å²) in [6.07, 6.45) is -4.28. The molecule has 0 aromatic heterocycles.